The number of rotatable bonds is 1. The van der Waals surface area contributed by atoms with Gasteiger partial charge in [0.05, 0.1) is 5.92 Å². The van der Waals surface area contributed by atoms with Crippen molar-refractivity contribution in [2.45, 2.75) is 39.0 Å². The van der Waals surface area contributed by atoms with Crippen molar-refractivity contribution < 1.29 is 4.79 Å². The number of carbonyl (C=O) groups is 1. The van der Waals surface area contributed by atoms with E-state index in [4.69, 9.17) is 0 Å². The molecule has 96 valence electrons. The van der Waals surface area contributed by atoms with Gasteiger partial charge in [-0.2, -0.15) is 0 Å². The molecule has 0 bridgehead atoms. The lowest BCUT2D eigenvalue weighted by atomic mass is 9.95. The Morgan fingerprint density at radius 2 is 1.61 bits per heavy atom. The van der Waals surface area contributed by atoms with Gasteiger partial charge in [0.2, 0.25) is 5.91 Å². The Morgan fingerprint density at radius 1 is 1.11 bits per heavy atom. The maximum atomic E-state index is 12.6. The van der Waals surface area contributed by atoms with Gasteiger partial charge < -0.3 is 4.90 Å². The van der Waals surface area contributed by atoms with Gasteiger partial charge in [-0.1, -0.05) is 24.3 Å². The number of hydrogen-bond donors (Lipinski definition) is 2. The van der Waals surface area contributed by atoms with Crippen LogP contribution in [0.25, 0.3) is 0 Å². The van der Waals surface area contributed by atoms with E-state index in [1.54, 1.807) is 0 Å². The summed E-state index contributed by atoms with van der Waals surface area (Å²) in [4.78, 5) is 14.6. The van der Waals surface area contributed by atoms with E-state index in [1.807, 2.05) is 17.0 Å². The van der Waals surface area contributed by atoms with Crippen molar-refractivity contribution in [3.8, 4) is 0 Å². The zero-order chi connectivity index (χ0) is 12.7. The van der Waals surface area contributed by atoms with Crippen LogP contribution in [-0.2, 0) is 17.9 Å². The summed E-state index contributed by atoms with van der Waals surface area (Å²) >= 11 is 0. The van der Waals surface area contributed by atoms with E-state index in [1.165, 1.54) is 11.1 Å². The number of nitrogens with zero attached hydrogens (tertiary/aromatic N) is 1. The standard InChI is InChI=1S/C14H19N3O/c1-9-13(10(2)16-15-9)14(18)17-7-11-5-3-4-6-12(11)8-17/h3-6,9-10,13,15-16H,7-8H2,1-2H3. The third-order valence-electron chi connectivity index (χ3n) is 4.05. The molecule has 2 aliphatic heterocycles. The minimum atomic E-state index is 0.0271. The Balaban J connectivity index is 1.76. The second kappa shape index (κ2) is 4.37. The first-order chi connectivity index (χ1) is 8.66. The zero-order valence-electron chi connectivity index (χ0n) is 10.8. The fourth-order valence-corrected chi connectivity index (χ4v) is 3.00. The molecule has 0 aromatic heterocycles. The zero-order valence-corrected chi connectivity index (χ0v) is 10.8. The topological polar surface area (TPSA) is 44.4 Å². The van der Waals surface area contributed by atoms with Gasteiger partial charge in [0.1, 0.15) is 0 Å². The minimum absolute atomic E-state index is 0.0271. The second-order valence-electron chi connectivity index (χ2n) is 5.35. The van der Waals surface area contributed by atoms with Crippen LogP contribution in [0.4, 0.5) is 0 Å². The van der Waals surface area contributed by atoms with E-state index < -0.39 is 0 Å². The molecule has 0 aliphatic carbocycles. The van der Waals surface area contributed by atoms with E-state index in [2.05, 4.69) is 36.8 Å². The molecule has 2 heterocycles. The SMILES string of the molecule is CC1NNC(C)C1C(=O)N1Cc2ccccc2C1. The highest BCUT2D eigenvalue weighted by molar-refractivity contribution is 5.81. The predicted molar refractivity (Wildman–Crippen MR) is 69.4 cm³/mol. The molecule has 2 aliphatic rings. The van der Waals surface area contributed by atoms with E-state index in [0.717, 1.165) is 13.1 Å². The summed E-state index contributed by atoms with van der Waals surface area (Å²) in [6.45, 7) is 5.63. The molecule has 0 radical (unpaired) electrons. The van der Waals surface area contributed by atoms with Crippen molar-refractivity contribution in [2.75, 3.05) is 0 Å². The highest BCUT2D eigenvalue weighted by Crippen LogP contribution is 2.26. The van der Waals surface area contributed by atoms with Crippen molar-refractivity contribution in [1.82, 2.24) is 15.8 Å². The van der Waals surface area contributed by atoms with Crippen molar-refractivity contribution in [3.63, 3.8) is 0 Å². The monoisotopic (exact) mass is 245 g/mol. The van der Waals surface area contributed by atoms with Crippen LogP contribution in [0.1, 0.15) is 25.0 Å². The largest absolute Gasteiger partial charge is 0.334 e. The normalized spacial score (nSPS) is 30.6. The van der Waals surface area contributed by atoms with Crippen LogP contribution < -0.4 is 10.9 Å². The first-order valence-corrected chi connectivity index (χ1v) is 6.53. The lowest BCUT2D eigenvalue weighted by molar-refractivity contribution is -0.136. The van der Waals surface area contributed by atoms with Gasteiger partial charge in [0.15, 0.2) is 0 Å². The fraction of sp³-hybridized carbons (Fsp3) is 0.500. The average Bonchev–Trinajstić information content (AvgIpc) is 2.92. The summed E-state index contributed by atoms with van der Waals surface area (Å²) in [5.41, 5.74) is 8.86. The van der Waals surface area contributed by atoms with Crippen LogP contribution in [0.15, 0.2) is 24.3 Å². The molecule has 0 spiro atoms. The molecule has 2 unspecified atom stereocenters. The van der Waals surface area contributed by atoms with E-state index >= 15 is 0 Å². The molecule has 18 heavy (non-hydrogen) atoms. The average molecular weight is 245 g/mol. The van der Waals surface area contributed by atoms with E-state index in [-0.39, 0.29) is 23.9 Å². The number of hydrogen-bond acceptors (Lipinski definition) is 3. The van der Waals surface area contributed by atoms with Crippen LogP contribution in [-0.4, -0.2) is 22.9 Å². The molecule has 1 saturated heterocycles. The van der Waals surface area contributed by atoms with Crippen molar-refractivity contribution >= 4 is 5.91 Å². The Morgan fingerprint density at radius 3 is 2.11 bits per heavy atom. The molecule has 4 nitrogen and oxygen atoms in total. The van der Waals surface area contributed by atoms with Crippen molar-refractivity contribution in [2.24, 2.45) is 5.92 Å². The van der Waals surface area contributed by atoms with Crippen LogP contribution in [0.3, 0.4) is 0 Å². The predicted octanol–water partition coefficient (Wildman–Crippen LogP) is 1.03. The molecule has 1 aromatic carbocycles. The van der Waals surface area contributed by atoms with Crippen LogP contribution in [0, 0.1) is 5.92 Å². The Kier molecular flexibility index (Phi) is 2.84. The summed E-state index contributed by atoms with van der Waals surface area (Å²) in [6.07, 6.45) is 0. The molecular weight excluding hydrogens is 226 g/mol. The highest BCUT2D eigenvalue weighted by atomic mass is 16.2. The van der Waals surface area contributed by atoms with Gasteiger partial charge in [-0.25, -0.2) is 0 Å². The maximum Gasteiger partial charge on any atom is 0.229 e. The molecule has 2 N–H and O–H groups in total. The smallest absolute Gasteiger partial charge is 0.229 e. The summed E-state index contributed by atoms with van der Waals surface area (Å²) < 4.78 is 0. The molecule has 1 aromatic rings. The third-order valence-corrected chi connectivity index (χ3v) is 4.05. The number of fused-ring (bicyclic) bond motifs is 1. The van der Waals surface area contributed by atoms with E-state index in [0.29, 0.717) is 0 Å². The summed E-state index contributed by atoms with van der Waals surface area (Å²) in [5.74, 6) is 0.281. The lowest BCUT2D eigenvalue weighted by Crippen LogP contribution is -2.40. The first-order valence-electron chi connectivity index (χ1n) is 6.53. The molecule has 1 fully saturated rings. The highest BCUT2D eigenvalue weighted by Gasteiger charge is 2.39. The van der Waals surface area contributed by atoms with Crippen molar-refractivity contribution in [1.29, 1.82) is 0 Å². The summed E-state index contributed by atoms with van der Waals surface area (Å²) in [6, 6.07) is 8.68. The van der Waals surface area contributed by atoms with Gasteiger partial charge in [0.25, 0.3) is 0 Å². The summed E-state index contributed by atoms with van der Waals surface area (Å²) in [5, 5.41) is 0. The van der Waals surface area contributed by atoms with Gasteiger partial charge in [-0.15, -0.1) is 0 Å². The lowest BCUT2D eigenvalue weighted by Gasteiger charge is -2.24. The van der Waals surface area contributed by atoms with Gasteiger partial charge in [-0.3, -0.25) is 15.6 Å². The Hall–Kier alpha value is -1.39. The summed E-state index contributed by atoms with van der Waals surface area (Å²) in [7, 11) is 0. The Bertz CT molecular complexity index is 439. The molecular formula is C14H19N3O. The van der Waals surface area contributed by atoms with Gasteiger partial charge >= 0.3 is 0 Å². The maximum absolute atomic E-state index is 12.6. The van der Waals surface area contributed by atoms with Crippen molar-refractivity contribution in [3.05, 3.63) is 35.4 Å². The molecule has 0 saturated carbocycles. The number of amides is 1. The fourth-order valence-electron chi connectivity index (χ4n) is 3.00. The molecule has 2 atom stereocenters. The van der Waals surface area contributed by atoms with Crippen LogP contribution in [0.5, 0.6) is 0 Å². The van der Waals surface area contributed by atoms with Crippen LogP contribution in [0.2, 0.25) is 0 Å². The number of carbonyl (C=O) groups excluding carboxylic acids is 1. The number of benzene rings is 1. The number of nitrogens with one attached hydrogen (secondary N) is 2. The second-order valence-corrected chi connectivity index (χ2v) is 5.35. The molecule has 1 amide bonds. The minimum Gasteiger partial charge on any atom is -0.334 e. The Labute approximate surface area is 107 Å². The number of hydrazine groups is 1. The van der Waals surface area contributed by atoms with Crippen LogP contribution >= 0.6 is 0 Å². The van der Waals surface area contributed by atoms with Gasteiger partial charge in [0, 0.05) is 25.2 Å². The third kappa shape index (κ3) is 1.82. The van der Waals surface area contributed by atoms with E-state index in [9.17, 15) is 4.79 Å². The first kappa shape index (κ1) is 11.7. The molecule has 3 rings (SSSR count). The quantitative estimate of drug-likeness (QED) is 0.776. The molecule has 4 heteroatoms. The van der Waals surface area contributed by atoms with Gasteiger partial charge in [-0.05, 0) is 25.0 Å².